The van der Waals surface area contributed by atoms with Gasteiger partial charge < -0.3 is 4.74 Å². The van der Waals surface area contributed by atoms with Crippen LogP contribution < -0.4 is 9.64 Å². The molecular weight excluding hydrogens is 296 g/mol. The van der Waals surface area contributed by atoms with Crippen molar-refractivity contribution in [3.8, 4) is 5.75 Å². The average molecular weight is 309 g/mol. The van der Waals surface area contributed by atoms with Gasteiger partial charge in [0.15, 0.2) is 6.10 Å². The van der Waals surface area contributed by atoms with Crippen molar-refractivity contribution in [2.75, 3.05) is 4.90 Å². The summed E-state index contributed by atoms with van der Waals surface area (Å²) in [5.41, 5.74) is 1.63. The Bertz CT molecular complexity index is 644. The summed E-state index contributed by atoms with van der Waals surface area (Å²) in [5.74, 6) is 1.07. The van der Waals surface area contributed by atoms with Crippen LogP contribution in [0.2, 0.25) is 0 Å². The molecule has 104 valence electrons. The first-order chi connectivity index (χ1) is 9.69. The number of fused-ring (bicyclic) bond motifs is 1. The van der Waals surface area contributed by atoms with E-state index >= 15 is 0 Å². The van der Waals surface area contributed by atoms with Crippen molar-refractivity contribution in [1.82, 2.24) is 4.98 Å². The normalized spacial score (nSPS) is 17.8. The largest absolute Gasteiger partial charge is 0.479 e. The van der Waals surface area contributed by atoms with Crippen molar-refractivity contribution in [2.24, 2.45) is 0 Å². The number of rotatable bonds is 3. The lowest BCUT2D eigenvalue weighted by molar-refractivity contribution is -0.125. The van der Waals surface area contributed by atoms with E-state index in [4.69, 9.17) is 16.3 Å². The number of ether oxygens (including phenoxy) is 1. The quantitative estimate of drug-likeness (QED) is 0.818. The van der Waals surface area contributed by atoms with Crippen LogP contribution in [-0.2, 0) is 17.2 Å². The molecule has 1 aromatic heterocycles. The van der Waals surface area contributed by atoms with E-state index < -0.39 is 6.10 Å². The van der Waals surface area contributed by atoms with E-state index in [1.807, 2.05) is 29.6 Å². The van der Waals surface area contributed by atoms with E-state index in [-0.39, 0.29) is 5.91 Å². The van der Waals surface area contributed by atoms with Gasteiger partial charge in [0.1, 0.15) is 10.8 Å². The van der Waals surface area contributed by atoms with Gasteiger partial charge in [-0.2, -0.15) is 0 Å². The highest BCUT2D eigenvalue weighted by molar-refractivity contribution is 7.09. The van der Waals surface area contributed by atoms with Crippen LogP contribution in [0.4, 0.5) is 5.69 Å². The smallest absolute Gasteiger partial charge is 0.268 e. The first-order valence-corrected chi connectivity index (χ1v) is 7.67. The molecule has 4 nitrogen and oxygen atoms in total. The molecule has 2 aromatic rings. The van der Waals surface area contributed by atoms with Crippen molar-refractivity contribution < 1.29 is 9.53 Å². The monoisotopic (exact) mass is 308 g/mol. The lowest BCUT2D eigenvalue weighted by atomic mass is 10.2. The van der Waals surface area contributed by atoms with Gasteiger partial charge in [-0.15, -0.1) is 22.9 Å². The fourth-order valence-corrected chi connectivity index (χ4v) is 3.15. The van der Waals surface area contributed by atoms with Crippen molar-refractivity contribution in [2.45, 2.75) is 25.5 Å². The molecule has 0 N–H and O–H groups in total. The Labute approximate surface area is 126 Å². The zero-order valence-corrected chi connectivity index (χ0v) is 12.4. The Balaban J connectivity index is 1.92. The fourth-order valence-electron chi connectivity index (χ4n) is 2.14. The number of carbonyl (C=O) groups excluding carboxylic acids is 1. The van der Waals surface area contributed by atoms with Gasteiger partial charge in [-0.3, -0.25) is 9.69 Å². The number of para-hydroxylation sites is 2. The molecule has 0 saturated carbocycles. The van der Waals surface area contributed by atoms with Crippen LogP contribution in [-0.4, -0.2) is 17.0 Å². The number of thiazole rings is 1. The molecule has 1 aliphatic rings. The molecule has 1 amide bonds. The highest BCUT2D eigenvalue weighted by atomic mass is 35.5. The van der Waals surface area contributed by atoms with Crippen LogP contribution in [0.1, 0.15) is 17.6 Å². The fraction of sp³-hybridized carbons (Fsp3) is 0.286. The highest BCUT2D eigenvalue weighted by Crippen LogP contribution is 2.34. The molecule has 2 heterocycles. The number of halogens is 1. The molecule has 1 aromatic carbocycles. The van der Waals surface area contributed by atoms with Gasteiger partial charge in [0.05, 0.1) is 23.8 Å². The Morgan fingerprint density at radius 2 is 2.25 bits per heavy atom. The third-order valence-electron chi connectivity index (χ3n) is 3.10. The molecule has 6 heteroatoms. The second-order valence-corrected chi connectivity index (χ2v) is 5.73. The lowest BCUT2D eigenvalue weighted by Crippen LogP contribution is -2.43. The minimum atomic E-state index is -0.475. The van der Waals surface area contributed by atoms with E-state index in [0.717, 1.165) is 22.1 Å². The molecule has 3 rings (SSSR count). The van der Waals surface area contributed by atoms with Crippen LogP contribution in [0.5, 0.6) is 5.75 Å². The van der Waals surface area contributed by atoms with Crippen LogP contribution in [0.15, 0.2) is 29.6 Å². The molecule has 0 saturated heterocycles. The minimum Gasteiger partial charge on any atom is -0.479 e. The van der Waals surface area contributed by atoms with Gasteiger partial charge in [-0.05, 0) is 19.1 Å². The molecule has 1 aliphatic heterocycles. The SMILES string of the molecule is CC1Oc2ccccc2N(Cc2nc(CCl)cs2)C1=O. The van der Waals surface area contributed by atoms with Crippen molar-refractivity contribution >= 4 is 34.5 Å². The van der Waals surface area contributed by atoms with Gasteiger partial charge in [0, 0.05) is 5.38 Å². The van der Waals surface area contributed by atoms with E-state index in [0.29, 0.717) is 12.4 Å². The number of benzene rings is 1. The summed E-state index contributed by atoms with van der Waals surface area (Å²) in [4.78, 5) is 18.5. The Morgan fingerprint density at radius 1 is 1.45 bits per heavy atom. The van der Waals surface area contributed by atoms with Crippen LogP contribution in [0.3, 0.4) is 0 Å². The molecule has 1 unspecified atom stereocenters. The van der Waals surface area contributed by atoms with E-state index in [1.54, 1.807) is 11.8 Å². The minimum absolute atomic E-state index is 0.0497. The predicted octanol–water partition coefficient (Wildman–Crippen LogP) is 3.20. The number of aromatic nitrogens is 1. The van der Waals surface area contributed by atoms with Gasteiger partial charge in [0.2, 0.25) is 0 Å². The first kappa shape index (κ1) is 13.4. The van der Waals surface area contributed by atoms with Crippen LogP contribution >= 0.6 is 22.9 Å². The number of carbonyl (C=O) groups is 1. The Kier molecular flexibility index (Phi) is 3.63. The third kappa shape index (κ3) is 2.39. The van der Waals surface area contributed by atoms with Crippen molar-refractivity contribution in [1.29, 1.82) is 0 Å². The second kappa shape index (κ2) is 5.42. The van der Waals surface area contributed by atoms with Crippen molar-refractivity contribution in [3.05, 3.63) is 40.3 Å². The average Bonchev–Trinajstić information content (AvgIpc) is 2.91. The highest BCUT2D eigenvalue weighted by Gasteiger charge is 2.31. The molecule has 0 bridgehead atoms. The zero-order chi connectivity index (χ0) is 14.1. The summed E-state index contributed by atoms with van der Waals surface area (Å²) in [6, 6.07) is 7.55. The topological polar surface area (TPSA) is 42.4 Å². The second-order valence-electron chi connectivity index (χ2n) is 4.52. The number of nitrogens with zero attached hydrogens (tertiary/aromatic N) is 2. The Morgan fingerprint density at radius 3 is 3.00 bits per heavy atom. The van der Waals surface area contributed by atoms with E-state index in [1.165, 1.54) is 11.3 Å². The maximum absolute atomic E-state index is 12.3. The molecule has 20 heavy (non-hydrogen) atoms. The van der Waals surface area contributed by atoms with Gasteiger partial charge in [-0.1, -0.05) is 12.1 Å². The third-order valence-corrected chi connectivity index (χ3v) is 4.26. The summed E-state index contributed by atoms with van der Waals surface area (Å²) in [7, 11) is 0. The molecule has 0 aliphatic carbocycles. The maximum Gasteiger partial charge on any atom is 0.268 e. The van der Waals surface area contributed by atoms with Gasteiger partial charge in [-0.25, -0.2) is 4.98 Å². The molecule has 0 radical (unpaired) electrons. The molecule has 1 atom stereocenters. The van der Waals surface area contributed by atoms with Crippen molar-refractivity contribution in [3.63, 3.8) is 0 Å². The number of hydrogen-bond donors (Lipinski definition) is 0. The lowest BCUT2D eigenvalue weighted by Gasteiger charge is -2.32. The number of anilines is 1. The summed E-state index contributed by atoms with van der Waals surface area (Å²) in [5, 5.41) is 2.79. The number of amides is 1. The molecule has 0 spiro atoms. The standard InChI is InChI=1S/C14H13ClN2O2S/c1-9-14(18)17(7-13-16-10(6-15)8-20-13)11-4-2-3-5-12(11)19-9/h2-5,8-9H,6-7H2,1H3. The number of alkyl halides is 1. The van der Waals surface area contributed by atoms with Gasteiger partial charge >= 0.3 is 0 Å². The Hall–Kier alpha value is -1.59. The summed E-state index contributed by atoms with van der Waals surface area (Å²) in [6.07, 6.45) is -0.475. The first-order valence-electron chi connectivity index (χ1n) is 6.25. The van der Waals surface area contributed by atoms with E-state index in [2.05, 4.69) is 4.98 Å². The molecular formula is C14H13ClN2O2S. The van der Waals surface area contributed by atoms with E-state index in [9.17, 15) is 4.79 Å². The zero-order valence-electron chi connectivity index (χ0n) is 10.9. The van der Waals surface area contributed by atoms with Gasteiger partial charge in [0.25, 0.3) is 5.91 Å². The summed E-state index contributed by atoms with van der Waals surface area (Å²) in [6.45, 7) is 2.21. The summed E-state index contributed by atoms with van der Waals surface area (Å²) < 4.78 is 5.61. The van der Waals surface area contributed by atoms with Crippen LogP contribution in [0, 0.1) is 0 Å². The predicted molar refractivity (Wildman–Crippen MR) is 79.4 cm³/mol. The number of hydrogen-bond acceptors (Lipinski definition) is 4. The summed E-state index contributed by atoms with van der Waals surface area (Å²) >= 11 is 7.27. The van der Waals surface area contributed by atoms with Crippen LogP contribution in [0.25, 0.3) is 0 Å². The molecule has 0 fully saturated rings. The maximum atomic E-state index is 12.3.